The SMILES string of the molecule is CCCCCn1c2nc(Br)[nH]c2c(=O)n2c(-c3ccccn3)nnc12. The highest BCUT2D eigenvalue weighted by molar-refractivity contribution is 9.10. The molecule has 0 bridgehead atoms. The lowest BCUT2D eigenvalue weighted by atomic mass is 10.2. The van der Waals surface area contributed by atoms with Crippen LogP contribution in [0.1, 0.15) is 26.2 Å². The van der Waals surface area contributed by atoms with Crippen molar-refractivity contribution < 1.29 is 0 Å². The van der Waals surface area contributed by atoms with Crippen LogP contribution >= 0.6 is 15.9 Å². The maximum absolute atomic E-state index is 13.0. The third-order valence-corrected chi connectivity index (χ3v) is 4.47. The molecule has 0 aromatic carbocycles. The van der Waals surface area contributed by atoms with Gasteiger partial charge in [-0.05, 0) is 34.5 Å². The summed E-state index contributed by atoms with van der Waals surface area (Å²) >= 11 is 3.32. The molecule has 128 valence electrons. The Morgan fingerprint density at radius 1 is 1.24 bits per heavy atom. The van der Waals surface area contributed by atoms with Crippen molar-refractivity contribution in [3.8, 4) is 11.5 Å². The Hall–Kier alpha value is -2.55. The van der Waals surface area contributed by atoms with Gasteiger partial charge >= 0.3 is 0 Å². The second-order valence-electron chi connectivity index (χ2n) is 5.76. The predicted molar refractivity (Wildman–Crippen MR) is 97.4 cm³/mol. The van der Waals surface area contributed by atoms with Crippen molar-refractivity contribution in [2.75, 3.05) is 0 Å². The molecule has 4 rings (SSSR count). The molecule has 0 aliphatic rings. The number of unbranched alkanes of at least 4 members (excludes halogenated alkanes) is 2. The lowest BCUT2D eigenvalue weighted by Crippen LogP contribution is -2.20. The zero-order chi connectivity index (χ0) is 17.4. The number of nitrogens with one attached hydrogen (secondary N) is 1. The molecule has 8 nitrogen and oxygen atoms in total. The van der Waals surface area contributed by atoms with Gasteiger partial charge in [0, 0.05) is 12.7 Å². The molecule has 0 atom stereocenters. The lowest BCUT2D eigenvalue weighted by molar-refractivity contribution is 0.612. The average Bonchev–Trinajstić information content (AvgIpc) is 3.23. The Labute approximate surface area is 151 Å². The minimum Gasteiger partial charge on any atom is -0.327 e. The fraction of sp³-hybridized carbons (Fsp3) is 0.312. The van der Waals surface area contributed by atoms with Gasteiger partial charge in [0.15, 0.2) is 21.7 Å². The van der Waals surface area contributed by atoms with Crippen LogP contribution in [0, 0.1) is 0 Å². The molecule has 0 saturated heterocycles. The maximum Gasteiger partial charge on any atom is 0.286 e. The van der Waals surface area contributed by atoms with Crippen molar-refractivity contribution in [2.24, 2.45) is 0 Å². The predicted octanol–water partition coefficient (Wildman–Crippen LogP) is 2.78. The molecule has 4 aromatic heterocycles. The third kappa shape index (κ3) is 2.64. The Morgan fingerprint density at radius 3 is 2.88 bits per heavy atom. The van der Waals surface area contributed by atoms with Crippen LogP contribution in [0.2, 0.25) is 0 Å². The van der Waals surface area contributed by atoms with E-state index in [-0.39, 0.29) is 5.56 Å². The van der Waals surface area contributed by atoms with Gasteiger partial charge in [-0.3, -0.25) is 14.3 Å². The largest absolute Gasteiger partial charge is 0.327 e. The summed E-state index contributed by atoms with van der Waals surface area (Å²) in [6.45, 7) is 2.86. The average molecular weight is 402 g/mol. The van der Waals surface area contributed by atoms with Crippen molar-refractivity contribution in [2.45, 2.75) is 32.7 Å². The van der Waals surface area contributed by atoms with E-state index in [1.807, 2.05) is 22.8 Å². The Bertz CT molecular complexity index is 1100. The number of rotatable bonds is 5. The molecule has 0 aliphatic heterocycles. The first-order valence-electron chi connectivity index (χ1n) is 8.15. The van der Waals surface area contributed by atoms with Crippen LogP contribution in [-0.4, -0.2) is 34.1 Å². The van der Waals surface area contributed by atoms with Gasteiger partial charge in [0.2, 0.25) is 5.78 Å². The van der Waals surface area contributed by atoms with E-state index in [1.165, 1.54) is 4.40 Å². The molecular formula is C16H16BrN7O. The summed E-state index contributed by atoms with van der Waals surface area (Å²) in [5.74, 6) is 0.908. The normalized spacial score (nSPS) is 11.6. The van der Waals surface area contributed by atoms with Crippen molar-refractivity contribution in [1.82, 2.24) is 34.1 Å². The highest BCUT2D eigenvalue weighted by atomic mass is 79.9. The second-order valence-corrected chi connectivity index (χ2v) is 6.52. The van der Waals surface area contributed by atoms with E-state index in [1.54, 1.807) is 6.20 Å². The second kappa shape index (κ2) is 6.40. The number of halogens is 1. The smallest absolute Gasteiger partial charge is 0.286 e. The summed E-state index contributed by atoms with van der Waals surface area (Å²) < 4.78 is 3.96. The Balaban J connectivity index is 2.02. The van der Waals surface area contributed by atoms with E-state index < -0.39 is 0 Å². The van der Waals surface area contributed by atoms with Gasteiger partial charge in [-0.15, -0.1) is 10.2 Å². The van der Waals surface area contributed by atoms with E-state index >= 15 is 0 Å². The summed E-state index contributed by atoms with van der Waals surface area (Å²) in [5.41, 5.74) is 1.37. The molecule has 0 aliphatic carbocycles. The number of fused-ring (bicyclic) bond motifs is 2. The molecule has 9 heteroatoms. The fourth-order valence-electron chi connectivity index (χ4n) is 2.91. The van der Waals surface area contributed by atoms with Crippen LogP contribution in [0.4, 0.5) is 0 Å². The first-order valence-corrected chi connectivity index (χ1v) is 8.94. The summed E-state index contributed by atoms with van der Waals surface area (Å²) in [6, 6.07) is 5.48. The van der Waals surface area contributed by atoms with Gasteiger partial charge < -0.3 is 4.98 Å². The van der Waals surface area contributed by atoms with Crippen LogP contribution < -0.4 is 5.56 Å². The fourth-order valence-corrected chi connectivity index (χ4v) is 3.28. The molecule has 0 saturated carbocycles. The molecule has 0 radical (unpaired) electrons. The van der Waals surface area contributed by atoms with Crippen molar-refractivity contribution in [3.63, 3.8) is 0 Å². The van der Waals surface area contributed by atoms with E-state index in [4.69, 9.17) is 0 Å². The topological polar surface area (TPSA) is 93.8 Å². The Morgan fingerprint density at radius 2 is 2.12 bits per heavy atom. The van der Waals surface area contributed by atoms with Crippen molar-refractivity contribution in [3.05, 3.63) is 39.5 Å². The highest BCUT2D eigenvalue weighted by Crippen LogP contribution is 2.19. The number of aromatic nitrogens is 7. The van der Waals surface area contributed by atoms with Gasteiger partial charge in [0.05, 0.1) is 0 Å². The van der Waals surface area contributed by atoms with E-state index in [2.05, 4.69) is 48.0 Å². The maximum atomic E-state index is 13.0. The summed E-state index contributed by atoms with van der Waals surface area (Å²) in [7, 11) is 0. The van der Waals surface area contributed by atoms with Crippen molar-refractivity contribution in [1.29, 1.82) is 0 Å². The van der Waals surface area contributed by atoms with Crippen LogP contribution in [-0.2, 0) is 6.54 Å². The minimum atomic E-state index is -0.236. The highest BCUT2D eigenvalue weighted by Gasteiger charge is 2.20. The zero-order valence-electron chi connectivity index (χ0n) is 13.6. The molecule has 4 heterocycles. The molecular weight excluding hydrogens is 386 g/mol. The van der Waals surface area contributed by atoms with Crippen LogP contribution in [0.3, 0.4) is 0 Å². The third-order valence-electron chi connectivity index (χ3n) is 4.10. The zero-order valence-corrected chi connectivity index (χ0v) is 15.2. The quantitative estimate of drug-likeness (QED) is 0.409. The number of H-pyrrole nitrogens is 1. The number of hydrogen-bond donors (Lipinski definition) is 1. The molecule has 25 heavy (non-hydrogen) atoms. The first-order chi connectivity index (χ1) is 12.2. The molecule has 4 aromatic rings. The van der Waals surface area contributed by atoms with E-state index in [0.29, 0.717) is 39.7 Å². The molecule has 0 unspecified atom stereocenters. The van der Waals surface area contributed by atoms with Crippen molar-refractivity contribution >= 4 is 32.9 Å². The van der Waals surface area contributed by atoms with Gasteiger partial charge in [-0.1, -0.05) is 25.8 Å². The first kappa shape index (κ1) is 15.9. The molecule has 1 N–H and O–H groups in total. The Kier molecular flexibility index (Phi) is 4.08. The van der Waals surface area contributed by atoms with Crippen LogP contribution in [0.25, 0.3) is 28.5 Å². The minimum absolute atomic E-state index is 0.236. The summed E-state index contributed by atoms with van der Waals surface area (Å²) in [4.78, 5) is 24.7. The number of nitrogens with zero attached hydrogens (tertiary/aromatic N) is 6. The molecule has 0 spiro atoms. The van der Waals surface area contributed by atoms with Gasteiger partial charge in [-0.2, -0.15) is 0 Å². The standard InChI is InChI=1S/C16H16BrN7O/c1-2-3-6-9-23-13-11(19-15(17)20-13)14(25)24-12(21-22-16(23)24)10-7-4-5-8-18-10/h4-5,7-8H,2-3,6,9H2,1H3,(H,19,20). The summed E-state index contributed by atoms with van der Waals surface area (Å²) in [5, 5.41) is 8.48. The number of imidazole rings is 1. The van der Waals surface area contributed by atoms with E-state index in [0.717, 1.165) is 19.3 Å². The van der Waals surface area contributed by atoms with E-state index in [9.17, 15) is 4.79 Å². The van der Waals surface area contributed by atoms with Gasteiger partial charge in [0.25, 0.3) is 5.56 Å². The van der Waals surface area contributed by atoms with Gasteiger partial charge in [-0.25, -0.2) is 9.38 Å². The van der Waals surface area contributed by atoms with Crippen LogP contribution in [0.5, 0.6) is 0 Å². The molecule has 0 fully saturated rings. The molecule has 0 amide bonds. The number of pyridine rings is 1. The summed E-state index contributed by atoms with van der Waals surface area (Å²) in [6.07, 6.45) is 4.84. The number of aryl methyl sites for hydroxylation is 1. The number of hydrogen-bond acceptors (Lipinski definition) is 5. The number of aromatic amines is 1. The lowest BCUT2D eigenvalue weighted by Gasteiger charge is -2.09. The van der Waals surface area contributed by atoms with Crippen LogP contribution in [0.15, 0.2) is 33.9 Å². The monoisotopic (exact) mass is 401 g/mol. The van der Waals surface area contributed by atoms with Gasteiger partial charge in [0.1, 0.15) is 5.69 Å².